The topological polar surface area (TPSA) is 48.1 Å². The monoisotopic (exact) mass is 448 g/mol. The highest BCUT2D eigenvalue weighted by Crippen LogP contribution is 2.41. The summed E-state index contributed by atoms with van der Waals surface area (Å²) < 4.78 is 46.9. The summed E-state index contributed by atoms with van der Waals surface area (Å²) in [7, 11) is 7.27. The maximum atomic E-state index is 14.2. The van der Waals surface area contributed by atoms with Crippen molar-refractivity contribution in [1.82, 2.24) is 4.98 Å². The van der Waals surface area contributed by atoms with Gasteiger partial charge in [-0.1, -0.05) is 34.6 Å². The second-order valence-corrected chi connectivity index (χ2v) is 5.50. The fraction of sp³-hybridized carbons (Fsp3) is 0.400. The van der Waals surface area contributed by atoms with E-state index in [2.05, 4.69) is 36.7 Å². The van der Waals surface area contributed by atoms with Gasteiger partial charge < -0.3 is 10.5 Å². The van der Waals surface area contributed by atoms with Crippen molar-refractivity contribution in [2.24, 2.45) is 5.73 Å². The third-order valence-corrected chi connectivity index (χ3v) is 3.80. The zero-order valence-electron chi connectivity index (χ0n) is 20.3. The number of pyridine rings is 1. The number of ether oxygens (including phenoxy) is 1. The normalized spacial score (nSPS) is 13.1. The quantitative estimate of drug-likeness (QED) is 0.347. The molecule has 32 heavy (non-hydrogen) atoms. The van der Waals surface area contributed by atoms with Gasteiger partial charge in [-0.3, -0.25) is 4.98 Å². The molecule has 1 aliphatic rings. The number of benzene rings is 1. The molecule has 2 atom stereocenters. The summed E-state index contributed by atoms with van der Waals surface area (Å²) in [5.74, 6) is -1.23. The SMILES string of the molecule is C#C.C=C.CC.CC.CN.[B]c1cc2c(c(-c3cc(C(C)F)c(F)cc3F)n1)OCC2C. The minimum Gasteiger partial charge on any atom is -0.490 e. The molecule has 0 aliphatic carbocycles. The highest BCUT2D eigenvalue weighted by molar-refractivity contribution is 6.31. The molecule has 7 heteroatoms. The van der Waals surface area contributed by atoms with Crippen molar-refractivity contribution in [3.63, 3.8) is 0 Å². The highest BCUT2D eigenvalue weighted by Gasteiger charge is 2.27. The summed E-state index contributed by atoms with van der Waals surface area (Å²) in [5, 5.41) is 0. The van der Waals surface area contributed by atoms with Gasteiger partial charge in [0.15, 0.2) is 0 Å². The molecule has 1 aromatic heterocycles. The highest BCUT2D eigenvalue weighted by atomic mass is 19.1. The second-order valence-electron chi connectivity index (χ2n) is 5.50. The Hall–Kier alpha value is -2.72. The first-order valence-electron chi connectivity index (χ1n) is 10.4. The number of nitrogens with two attached hydrogens (primary N) is 1. The van der Waals surface area contributed by atoms with E-state index in [1.54, 1.807) is 6.07 Å². The smallest absolute Gasteiger partial charge is 0.149 e. The van der Waals surface area contributed by atoms with Crippen LogP contribution in [-0.2, 0) is 0 Å². The Morgan fingerprint density at radius 2 is 1.59 bits per heavy atom. The Labute approximate surface area is 193 Å². The summed E-state index contributed by atoms with van der Waals surface area (Å²) in [5.41, 5.74) is 5.48. The van der Waals surface area contributed by atoms with Crippen LogP contribution in [0.1, 0.15) is 64.8 Å². The lowest BCUT2D eigenvalue weighted by molar-refractivity contribution is 0.337. The minimum atomic E-state index is -1.56. The lowest BCUT2D eigenvalue weighted by Gasteiger charge is -2.13. The molecule has 2 N–H and O–H groups in total. The van der Waals surface area contributed by atoms with Gasteiger partial charge in [-0.05, 0) is 31.7 Å². The van der Waals surface area contributed by atoms with Crippen LogP contribution in [0.25, 0.3) is 11.3 Å². The molecule has 1 aromatic carbocycles. The largest absolute Gasteiger partial charge is 0.490 e. The molecule has 0 fully saturated rings. The van der Waals surface area contributed by atoms with Crippen LogP contribution in [0.2, 0.25) is 0 Å². The van der Waals surface area contributed by atoms with E-state index in [-0.39, 0.29) is 28.3 Å². The molecule has 2 heterocycles. The molecule has 1 aliphatic heterocycles. The third kappa shape index (κ3) is 8.80. The molecule has 0 amide bonds. The summed E-state index contributed by atoms with van der Waals surface area (Å²) >= 11 is 0. The van der Waals surface area contributed by atoms with Crippen LogP contribution in [-0.4, -0.2) is 26.5 Å². The van der Waals surface area contributed by atoms with E-state index >= 15 is 0 Å². The van der Waals surface area contributed by atoms with Crippen LogP contribution in [0, 0.1) is 24.5 Å². The van der Waals surface area contributed by atoms with Gasteiger partial charge in [-0.15, -0.1) is 26.0 Å². The lowest BCUT2D eigenvalue weighted by Crippen LogP contribution is -2.11. The van der Waals surface area contributed by atoms with Crippen molar-refractivity contribution >= 4 is 13.4 Å². The van der Waals surface area contributed by atoms with E-state index in [1.165, 1.54) is 14.0 Å². The van der Waals surface area contributed by atoms with Crippen LogP contribution in [0.4, 0.5) is 13.2 Å². The van der Waals surface area contributed by atoms with Gasteiger partial charge in [0.25, 0.3) is 0 Å². The minimum absolute atomic E-state index is 0.0152. The average molecular weight is 448 g/mol. The van der Waals surface area contributed by atoms with Crippen LogP contribution >= 0.6 is 0 Å². The van der Waals surface area contributed by atoms with Crippen molar-refractivity contribution in [3.8, 4) is 29.9 Å². The number of alkyl halides is 1. The van der Waals surface area contributed by atoms with Crippen molar-refractivity contribution in [3.05, 3.63) is 54.1 Å². The predicted octanol–water partition coefficient (Wildman–Crippen LogP) is 6.03. The maximum absolute atomic E-state index is 14.2. The average Bonchev–Trinajstić information content (AvgIpc) is 3.20. The Morgan fingerprint density at radius 3 is 2.06 bits per heavy atom. The van der Waals surface area contributed by atoms with Gasteiger partial charge in [-0.2, -0.15) is 0 Å². The van der Waals surface area contributed by atoms with Gasteiger partial charge in [0.05, 0.1) is 6.61 Å². The molecule has 2 radical (unpaired) electrons. The molecular weight excluding hydrogens is 412 g/mol. The number of terminal acetylenes is 1. The Balaban J connectivity index is -0.000000744. The first-order valence-corrected chi connectivity index (χ1v) is 10.4. The number of hydrogen-bond donors (Lipinski definition) is 1. The Morgan fingerprint density at radius 1 is 1.09 bits per heavy atom. The molecule has 0 spiro atoms. The number of nitrogens with zero attached hydrogens (tertiary/aromatic N) is 1. The first kappa shape index (κ1) is 33.9. The number of rotatable bonds is 2. The van der Waals surface area contributed by atoms with Crippen molar-refractivity contribution in [2.75, 3.05) is 13.7 Å². The van der Waals surface area contributed by atoms with E-state index in [0.29, 0.717) is 18.4 Å². The van der Waals surface area contributed by atoms with Crippen molar-refractivity contribution < 1.29 is 17.9 Å². The number of aromatic nitrogens is 1. The van der Waals surface area contributed by atoms with E-state index in [0.717, 1.165) is 11.6 Å². The summed E-state index contributed by atoms with van der Waals surface area (Å²) in [6.07, 6.45) is 6.44. The van der Waals surface area contributed by atoms with E-state index in [9.17, 15) is 13.2 Å². The lowest BCUT2D eigenvalue weighted by atomic mass is 9.93. The number of fused-ring (bicyclic) bond motifs is 1. The predicted molar refractivity (Wildman–Crippen MR) is 132 cm³/mol. The molecule has 2 unspecified atom stereocenters. The molecule has 0 saturated heterocycles. The Kier molecular flexibility index (Phi) is 20.1. The van der Waals surface area contributed by atoms with Gasteiger partial charge >= 0.3 is 0 Å². The summed E-state index contributed by atoms with van der Waals surface area (Å²) in [6.45, 7) is 17.6. The molecule has 2 aromatic rings. The van der Waals surface area contributed by atoms with Crippen LogP contribution in [0.3, 0.4) is 0 Å². The van der Waals surface area contributed by atoms with Crippen LogP contribution in [0.5, 0.6) is 5.75 Å². The molecule has 0 saturated carbocycles. The van der Waals surface area contributed by atoms with Crippen LogP contribution in [0.15, 0.2) is 31.4 Å². The summed E-state index contributed by atoms with van der Waals surface area (Å²) in [4.78, 5) is 4.11. The Bertz CT molecular complexity index is 812. The van der Waals surface area contributed by atoms with E-state index in [4.69, 9.17) is 12.6 Å². The molecule has 3 rings (SSSR count). The van der Waals surface area contributed by atoms with E-state index < -0.39 is 17.8 Å². The zero-order chi connectivity index (χ0) is 26.0. The summed E-state index contributed by atoms with van der Waals surface area (Å²) in [6, 6.07) is 3.47. The number of halogens is 3. The van der Waals surface area contributed by atoms with E-state index in [1.807, 2.05) is 34.6 Å². The fourth-order valence-electron chi connectivity index (χ4n) is 2.62. The molecular formula is C25H36BF3N2O. The van der Waals surface area contributed by atoms with Gasteiger partial charge in [0.1, 0.15) is 37.1 Å². The van der Waals surface area contributed by atoms with Gasteiger partial charge in [-0.25, -0.2) is 13.2 Å². The first-order chi connectivity index (χ1) is 15.4. The van der Waals surface area contributed by atoms with Crippen molar-refractivity contribution in [1.29, 1.82) is 0 Å². The maximum Gasteiger partial charge on any atom is 0.149 e. The third-order valence-electron chi connectivity index (χ3n) is 3.80. The molecule has 3 nitrogen and oxygen atoms in total. The molecule has 176 valence electrons. The second kappa shape index (κ2) is 19.0. The number of hydrogen-bond acceptors (Lipinski definition) is 3. The standard InChI is InChI=1S/C16H13BF3NO.2C2H6.C2H4.C2H2.CH5N/c1-7-6-22-16-9(7)4-14(17)21-15(16)11-3-10(8(2)18)12(19)5-13(11)20;5*1-2/h3-5,7-8H,6H2,1-2H3;2*1-2H3;1-2H2;1-2H;2H2,1H3. The molecule has 0 bridgehead atoms. The fourth-order valence-corrected chi connectivity index (χ4v) is 2.62. The van der Waals surface area contributed by atoms with Gasteiger partial charge in [0, 0.05) is 28.7 Å². The zero-order valence-corrected chi connectivity index (χ0v) is 20.3. The van der Waals surface area contributed by atoms with Crippen molar-refractivity contribution in [2.45, 2.75) is 53.6 Å². The van der Waals surface area contributed by atoms with Crippen LogP contribution < -0.4 is 16.1 Å². The van der Waals surface area contributed by atoms with Gasteiger partial charge in [0.2, 0.25) is 0 Å².